The number of likely N-dealkylation sites (N-methyl/N-ethyl adjacent to an activating group) is 1. The maximum Gasteiger partial charge on any atom is 0.0638 e. The zero-order chi connectivity index (χ0) is 12.3. The third-order valence-electron chi connectivity index (χ3n) is 3.65. The van der Waals surface area contributed by atoms with Crippen LogP contribution < -0.4 is 5.32 Å². The van der Waals surface area contributed by atoms with Crippen molar-refractivity contribution in [3.63, 3.8) is 0 Å². The molecule has 0 aliphatic carbocycles. The molecular weight excluding hydrogens is 212 g/mol. The van der Waals surface area contributed by atoms with Crippen molar-refractivity contribution < 1.29 is 0 Å². The summed E-state index contributed by atoms with van der Waals surface area (Å²) in [5, 5.41) is 8.03. The van der Waals surface area contributed by atoms with Crippen LogP contribution in [0.5, 0.6) is 0 Å². The third-order valence-corrected chi connectivity index (χ3v) is 3.65. The molecule has 1 aliphatic rings. The van der Waals surface area contributed by atoms with E-state index in [2.05, 4.69) is 35.4 Å². The molecule has 1 aromatic rings. The van der Waals surface area contributed by atoms with Gasteiger partial charge in [0.15, 0.2) is 0 Å². The summed E-state index contributed by atoms with van der Waals surface area (Å²) in [6.45, 7) is 8.90. The molecule has 1 atom stereocenters. The standard InChI is InChI=1S/C13H24N4/c1-4-17-7-5-6-13(10-17)14-8-12-9-16(3)15-11(12)2/h9,13-14H,4-8,10H2,1-3H3. The molecule has 96 valence electrons. The van der Waals surface area contributed by atoms with Crippen molar-refractivity contribution in [1.82, 2.24) is 20.0 Å². The van der Waals surface area contributed by atoms with Crippen LogP contribution in [0.15, 0.2) is 6.20 Å². The SMILES string of the molecule is CCN1CCCC(NCc2cn(C)nc2C)C1. The number of piperidine rings is 1. The lowest BCUT2D eigenvalue weighted by Crippen LogP contribution is -2.45. The number of likely N-dealkylation sites (tertiary alicyclic amines) is 1. The van der Waals surface area contributed by atoms with E-state index in [1.54, 1.807) is 0 Å². The first kappa shape index (κ1) is 12.6. The molecule has 1 fully saturated rings. The molecular formula is C13H24N4. The lowest BCUT2D eigenvalue weighted by Gasteiger charge is -2.32. The minimum Gasteiger partial charge on any atom is -0.309 e. The summed E-state index contributed by atoms with van der Waals surface area (Å²) in [5.74, 6) is 0. The Labute approximate surface area is 104 Å². The van der Waals surface area contributed by atoms with E-state index in [1.165, 1.54) is 38.0 Å². The second kappa shape index (κ2) is 5.65. The Morgan fingerprint density at radius 3 is 3.00 bits per heavy atom. The Balaban J connectivity index is 1.83. The number of rotatable bonds is 4. The van der Waals surface area contributed by atoms with Crippen molar-refractivity contribution in [2.45, 2.75) is 39.3 Å². The monoisotopic (exact) mass is 236 g/mol. The molecule has 2 heterocycles. The third kappa shape index (κ3) is 3.30. The fourth-order valence-corrected chi connectivity index (χ4v) is 2.59. The Bertz CT molecular complexity index is 358. The molecule has 0 radical (unpaired) electrons. The van der Waals surface area contributed by atoms with Crippen LogP contribution in [0.2, 0.25) is 0 Å². The fourth-order valence-electron chi connectivity index (χ4n) is 2.59. The molecule has 0 saturated carbocycles. The van der Waals surface area contributed by atoms with Crippen LogP contribution in [0.4, 0.5) is 0 Å². The normalized spacial score (nSPS) is 21.9. The van der Waals surface area contributed by atoms with Gasteiger partial charge in [-0.1, -0.05) is 6.92 Å². The lowest BCUT2D eigenvalue weighted by atomic mass is 10.1. The predicted molar refractivity (Wildman–Crippen MR) is 69.9 cm³/mol. The first-order valence-corrected chi connectivity index (χ1v) is 6.64. The maximum atomic E-state index is 4.37. The number of nitrogens with zero attached hydrogens (tertiary/aromatic N) is 3. The van der Waals surface area contributed by atoms with Gasteiger partial charge in [-0.15, -0.1) is 0 Å². The molecule has 1 N–H and O–H groups in total. The maximum absolute atomic E-state index is 4.37. The summed E-state index contributed by atoms with van der Waals surface area (Å²) in [6.07, 6.45) is 4.73. The molecule has 1 aliphatic heterocycles. The zero-order valence-electron chi connectivity index (χ0n) is 11.2. The molecule has 0 aromatic carbocycles. The van der Waals surface area contributed by atoms with E-state index >= 15 is 0 Å². The molecule has 0 spiro atoms. The van der Waals surface area contributed by atoms with E-state index in [0.717, 1.165) is 12.2 Å². The smallest absolute Gasteiger partial charge is 0.0638 e. The minimum absolute atomic E-state index is 0.642. The van der Waals surface area contributed by atoms with E-state index in [9.17, 15) is 0 Å². The molecule has 2 rings (SSSR count). The summed E-state index contributed by atoms with van der Waals surface area (Å²) in [4.78, 5) is 2.53. The van der Waals surface area contributed by atoms with Gasteiger partial charge in [0.2, 0.25) is 0 Å². The Kier molecular flexibility index (Phi) is 4.18. The number of hydrogen-bond donors (Lipinski definition) is 1. The highest BCUT2D eigenvalue weighted by molar-refractivity contribution is 5.14. The van der Waals surface area contributed by atoms with Crippen LogP contribution in [0.1, 0.15) is 31.0 Å². The van der Waals surface area contributed by atoms with Gasteiger partial charge in [-0.05, 0) is 32.9 Å². The van der Waals surface area contributed by atoms with Gasteiger partial charge >= 0.3 is 0 Å². The van der Waals surface area contributed by atoms with E-state index in [4.69, 9.17) is 0 Å². The van der Waals surface area contributed by atoms with Gasteiger partial charge in [0.25, 0.3) is 0 Å². The number of aromatic nitrogens is 2. The first-order valence-electron chi connectivity index (χ1n) is 6.64. The Morgan fingerprint density at radius 1 is 1.53 bits per heavy atom. The van der Waals surface area contributed by atoms with Gasteiger partial charge in [0.1, 0.15) is 0 Å². The van der Waals surface area contributed by atoms with E-state index in [1.807, 2.05) is 11.7 Å². The summed E-state index contributed by atoms with van der Waals surface area (Å²) in [7, 11) is 1.98. The molecule has 17 heavy (non-hydrogen) atoms. The molecule has 0 bridgehead atoms. The quantitative estimate of drug-likeness (QED) is 0.855. The van der Waals surface area contributed by atoms with Crippen LogP contribution in [0.25, 0.3) is 0 Å². The second-order valence-corrected chi connectivity index (χ2v) is 5.03. The van der Waals surface area contributed by atoms with Gasteiger partial charge in [-0.2, -0.15) is 5.10 Å². The Morgan fingerprint density at radius 2 is 2.35 bits per heavy atom. The summed E-state index contributed by atoms with van der Waals surface area (Å²) >= 11 is 0. The predicted octanol–water partition coefficient (Wildman–Crippen LogP) is 1.30. The van der Waals surface area contributed by atoms with E-state index in [0.29, 0.717) is 6.04 Å². The van der Waals surface area contributed by atoms with E-state index in [-0.39, 0.29) is 0 Å². The summed E-state index contributed by atoms with van der Waals surface area (Å²) in [5.41, 5.74) is 2.46. The number of nitrogens with one attached hydrogen (secondary N) is 1. The molecule has 0 amide bonds. The largest absolute Gasteiger partial charge is 0.309 e. The molecule has 1 aromatic heterocycles. The van der Waals surface area contributed by atoms with Crippen molar-refractivity contribution in [2.24, 2.45) is 7.05 Å². The average Bonchev–Trinajstić information content (AvgIpc) is 2.65. The van der Waals surface area contributed by atoms with Crippen LogP contribution >= 0.6 is 0 Å². The van der Waals surface area contributed by atoms with Gasteiger partial charge < -0.3 is 10.2 Å². The van der Waals surface area contributed by atoms with Crippen molar-refractivity contribution in [3.8, 4) is 0 Å². The van der Waals surface area contributed by atoms with Crippen LogP contribution in [-0.2, 0) is 13.6 Å². The average molecular weight is 236 g/mol. The lowest BCUT2D eigenvalue weighted by molar-refractivity contribution is 0.198. The topological polar surface area (TPSA) is 33.1 Å². The van der Waals surface area contributed by atoms with Crippen LogP contribution in [0.3, 0.4) is 0 Å². The van der Waals surface area contributed by atoms with Gasteiger partial charge in [0, 0.05) is 37.9 Å². The molecule has 4 nitrogen and oxygen atoms in total. The van der Waals surface area contributed by atoms with Crippen molar-refractivity contribution in [2.75, 3.05) is 19.6 Å². The van der Waals surface area contributed by atoms with Gasteiger partial charge in [-0.25, -0.2) is 0 Å². The minimum atomic E-state index is 0.642. The van der Waals surface area contributed by atoms with Crippen molar-refractivity contribution >= 4 is 0 Å². The highest BCUT2D eigenvalue weighted by Crippen LogP contribution is 2.11. The molecule has 1 unspecified atom stereocenters. The number of aryl methyl sites for hydroxylation is 2. The summed E-state index contributed by atoms with van der Waals surface area (Å²) < 4.78 is 1.89. The van der Waals surface area contributed by atoms with Gasteiger partial charge in [-0.3, -0.25) is 4.68 Å². The summed E-state index contributed by atoms with van der Waals surface area (Å²) in [6, 6.07) is 0.642. The van der Waals surface area contributed by atoms with E-state index < -0.39 is 0 Å². The highest BCUT2D eigenvalue weighted by Gasteiger charge is 2.18. The van der Waals surface area contributed by atoms with Gasteiger partial charge in [0.05, 0.1) is 5.69 Å². The number of hydrogen-bond acceptors (Lipinski definition) is 3. The zero-order valence-corrected chi connectivity index (χ0v) is 11.2. The Hall–Kier alpha value is -0.870. The highest BCUT2D eigenvalue weighted by atomic mass is 15.3. The van der Waals surface area contributed by atoms with Crippen LogP contribution in [0, 0.1) is 6.92 Å². The first-order chi connectivity index (χ1) is 8.19. The molecule has 1 saturated heterocycles. The second-order valence-electron chi connectivity index (χ2n) is 5.03. The van der Waals surface area contributed by atoms with Crippen LogP contribution in [-0.4, -0.2) is 40.4 Å². The van der Waals surface area contributed by atoms with Crippen molar-refractivity contribution in [1.29, 1.82) is 0 Å². The molecule has 4 heteroatoms. The fraction of sp³-hybridized carbons (Fsp3) is 0.769. The van der Waals surface area contributed by atoms with Crippen molar-refractivity contribution in [3.05, 3.63) is 17.5 Å².